The maximum absolute atomic E-state index is 6.75. The molecular formula is C47H51N3OPt. The summed E-state index contributed by atoms with van der Waals surface area (Å²) in [5, 5.41) is 4.69. The zero-order chi connectivity index (χ0) is 36.8. The first-order valence-electron chi connectivity index (χ1n) is 17.9. The Kier molecular flexibility index (Phi) is 11.0. The van der Waals surface area contributed by atoms with Gasteiger partial charge in [-0.15, -0.1) is 41.5 Å². The number of ether oxygens (including phenoxy) is 1. The smallest absolute Gasteiger partial charge is 0.509 e. The van der Waals surface area contributed by atoms with E-state index < -0.39 is 5.41 Å². The Morgan fingerprint density at radius 2 is 1.13 bits per heavy atom. The zero-order valence-electron chi connectivity index (χ0n) is 32.5. The van der Waals surface area contributed by atoms with Crippen LogP contribution in [0.2, 0.25) is 0 Å². The summed E-state index contributed by atoms with van der Waals surface area (Å²) in [5.41, 5.74) is 9.50. The number of pyridine rings is 1. The van der Waals surface area contributed by atoms with Gasteiger partial charge in [0.05, 0.1) is 16.8 Å². The van der Waals surface area contributed by atoms with Gasteiger partial charge in [0.2, 0.25) is 0 Å². The van der Waals surface area contributed by atoms with Crippen LogP contribution in [0.5, 0.6) is 11.5 Å². The predicted octanol–water partition coefficient (Wildman–Crippen LogP) is 11.5. The Bertz CT molecular complexity index is 2100. The molecule has 0 saturated heterocycles. The van der Waals surface area contributed by atoms with E-state index in [4.69, 9.17) is 9.72 Å². The summed E-state index contributed by atoms with van der Waals surface area (Å²) >= 11 is 0. The average molecular weight is 869 g/mol. The van der Waals surface area contributed by atoms with Crippen LogP contribution in [0.3, 0.4) is 0 Å². The third kappa shape index (κ3) is 7.88. The van der Waals surface area contributed by atoms with E-state index in [-0.39, 0.29) is 37.3 Å². The molecule has 52 heavy (non-hydrogen) atoms. The standard InChI is InChI=1S/C47H51N3O.Pt/c1-32-25-33(2)50(49-32)40-21-16-22-41(31-40)51-42-29-38(46(9,10)11)28-39(30-42)47(43-23-12-13-24-48-43,36-19-14-17-34(26-36)44(3,4)5)37-20-15-18-35(27-37)45(6,7)8;/h12-29H,1-11H3;/q-2;+2. The van der Waals surface area contributed by atoms with Crippen molar-refractivity contribution < 1.29 is 25.8 Å². The maximum Gasteiger partial charge on any atom is 2.00 e. The molecule has 0 bridgehead atoms. The van der Waals surface area contributed by atoms with Crippen LogP contribution in [0.4, 0.5) is 0 Å². The molecule has 0 aliphatic carbocycles. The summed E-state index contributed by atoms with van der Waals surface area (Å²) in [6.07, 6.45) is 1.90. The second kappa shape index (κ2) is 14.6. The molecule has 5 heteroatoms. The van der Waals surface area contributed by atoms with Crippen LogP contribution in [0.1, 0.15) is 113 Å². The van der Waals surface area contributed by atoms with Crippen molar-refractivity contribution >= 4 is 0 Å². The molecule has 0 amide bonds. The zero-order valence-corrected chi connectivity index (χ0v) is 34.7. The van der Waals surface area contributed by atoms with Crippen molar-refractivity contribution in [2.24, 2.45) is 0 Å². The molecule has 2 heterocycles. The normalized spacial score (nSPS) is 12.4. The van der Waals surface area contributed by atoms with Gasteiger partial charge in [-0.1, -0.05) is 117 Å². The minimum atomic E-state index is -0.821. The van der Waals surface area contributed by atoms with E-state index in [0.717, 1.165) is 45.0 Å². The summed E-state index contributed by atoms with van der Waals surface area (Å²) in [6, 6.07) is 44.0. The van der Waals surface area contributed by atoms with E-state index in [0.29, 0.717) is 11.5 Å². The van der Waals surface area contributed by atoms with Gasteiger partial charge in [-0.05, 0) is 76.2 Å². The van der Waals surface area contributed by atoms with Gasteiger partial charge in [0, 0.05) is 23.4 Å². The number of benzene rings is 4. The maximum atomic E-state index is 6.75. The minimum Gasteiger partial charge on any atom is -0.509 e. The molecule has 270 valence electrons. The van der Waals surface area contributed by atoms with Crippen molar-refractivity contribution in [3.8, 4) is 17.2 Å². The van der Waals surface area contributed by atoms with E-state index in [1.54, 1.807) is 0 Å². The monoisotopic (exact) mass is 868 g/mol. The summed E-state index contributed by atoms with van der Waals surface area (Å²) in [6.45, 7) is 24.4. The SMILES string of the molecule is Cc1cc(C)n(-c2[c-]c(Oc3[c-]c(C(c4cccc(C(C)(C)C)c4)(c4cccc(C(C)(C)C)c4)c4ccccn4)cc(C(C)(C)C)c3)ccc2)n1.[Pt+2]. The van der Waals surface area contributed by atoms with E-state index in [2.05, 4.69) is 165 Å². The Morgan fingerprint density at radius 3 is 1.65 bits per heavy atom. The number of nitrogens with zero attached hydrogens (tertiary/aromatic N) is 3. The fourth-order valence-electron chi connectivity index (χ4n) is 6.78. The third-order valence-corrected chi connectivity index (χ3v) is 9.70. The van der Waals surface area contributed by atoms with Gasteiger partial charge < -0.3 is 4.74 Å². The topological polar surface area (TPSA) is 39.9 Å². The van der Waals surface area contributed by atoms with Crippen LogP contribution in [0.15, 0.2) is 109 Å². The number of aryl methyl sites for hydroxylation is 2. The van der Waals surface area contributed by atoms with Crippen LogP contribution in [0.25, 0.3) is 5.69 Å². The molecule has 0 spiro atoms. The summed E-state index contributed by atoms with van der Waals surface area (Å²) in [7, 11) is 0. The van der Waals surface area contributed by atoms with E-state index in [1.165, 1.54) is 11.1 Å². The van der Waals surface area contributed by atoms with Gasteiger partial charge in [0.15, 0.2) is 0 Å². The molecule has 0 aliphatic rings. The van der Waals surface area contributed by atoms with Crippen molar-refractivity contribution in [1.29, 1.82) is 0 Å². The van der Waals surface area contributed by atoms with Crippen molar-refractivity contribution in [2.75, 3.05) is 0 Å². The van der Waals surface area contributed by atoms with Gasteiger partial charge in [-0.2, -0.15) is 17.2 Å². The fraction of sp³-hybridized carbons (Fsp3) is 0.319. The van der Waals surface area contributed by atoms with Crippen LogP contribution in [0, 0.1) is 26.0 Å². The van der Waals surface area contributed by atoms with E-state index in [9.17, 15) is 0 Å². The summed E-state index contributed by atoms with van der Waals surface area (Å²) in [4.78, 5) is 5.15. The Hall–Kier alpha value is -4.27. The number of hydrogen-bond acceptors (Lipinski definition) is 3. The molecule has 0 unspecified atom stereocenters. The second-order valence-electron chi connectivity index (χ2n) is 16.9. The van der Waals surface area contributed by atoms with Crippen LogP contribution < -0.4 is 4.74 Å². The predicted molar refractivity (Wildman–Crippen MR) is 209 cm³/mol. The van der Waals surface area contributed by atoms with E-state index in [1.807, 2.05) is 42.1 Å². The Labute approximate surface area is 326 Å². The van der Waals surface area contributed by atoms with Crippen LogP contribution in [-0.2, 0) is 42.7 Å². The molecule has 0 fully saturated rings. The molecule has 4 nitrogen and oxygen atoms in total. The molecule has 2 aromatic heterocycles. The van der Waals surface area contributed by atoms with Crippen molar-refractivity contribution in [3.63, 3.8) is 0 Å². The summed E-state index contributed by atoms with van der Waals surface area (Å²) < 4.78 is 8.65. The molecular weight excluding hydrogens is 818 g/mol. The van der Waals surface area contributed by atoms with Gasteiger partial charge in [0.1, 0.15) is 0 Å². The molecule has 0 N–H and O–H groups in total. The largest absolute Gasteiger partial charge is 2.00 e. The third-order valence-electron chi connectivity index (χ3n) is 9.70. The van der Waals surface area contributed by atoms with Crippen molar-refractivity contribution in [3.05, 3.63) is 172 Å². The minimum absolute atomic E-state index is 0. The number of aromatic nitrogens is 3. The van der Waals surface area contributed by atoms with Gasteiger partial charge in [-0.25, -0.2) is 0 Å². The van der Waals surface area contributed by atoms with Crippen molar-refractivity contribution in [1.82, 2.24) is 14.8 Å². The Balaban J connectivity index is 0.00000523. The molecule has 4 aromatic carbocycles. The van der Waals surface area contributed by atoms with Gasteiger partial charge >= 0.3 is 21.1 Å². The van der Waals surface area contributed by atoms with Gasteiger partial charge in [0.25, 0.3) is 0 Å². The Morgan fingerprint density at radius 1 is 0.558 bits per heavy atom. The van der Waals surface area contributed by atoms with Crippen LogP contribution >= 0.6 is 0 Å². The first-order chi connectivity index (χ1) is 24.0. The molecule has 6 rings (SSSR count). The van der Waals surface area contributed by atoms with Crippen LogP contribution in [-0.4, -0.2) is 14.8 Å². The van der Waals surface area contributed by atoms with E-state index >= 15 is 0 Å². The molecule has 0 saturated carbocycles. The number of rotatable bonds is 7. The quantitative estimate of drug-likeness (QED) is 0.119. The van der Waals surface area contributed by atoms with Gasteiger partial charge in [-0.3, -0.25) is 9.67 Å². The second-order valence-corrected chi connectivity index (χ2v) is 16.9. The fourth-order valence-corrected chi connectivity index (χ4v) is 6.78. The summed E-state index contributed by atoms with van der Waals surface area (Å²) in [5.74, 6) is 1.22. The average Bonchev–Trinajstić information content (AvgIpc) is 3.42. The molecule has 6 aromatic rings. The van der Waals surface area contributed by atoms with Crippen molar-refractivity contribution in [2.45, 2.75) is 97.8 Å². The molecule has 0 aliphatic heterocycles. The first kappa shape index (κ1) is 38.9. The molecule has 0 atom stereocenters. The first-order valence-corrected chi connectivity index (χ1v) is 17.9. The molecule has 0 radical (unpaired) electrons. The number of hydrogen-bond donors (Lipinski definition) is 0.